The molecule has 17 heavy (non-hydrogen) atoms. The molecule has 1 aliphatic rings. The summed E-state index contributed by atoms with van der Waals surface area (Å²) in [6.07, 6.45) is 3.13. The second kappa shape index (κ2) is 4.17. The van der Waals surface area contributed by atoms with Crippen molar-refractivity contribution in [3.05, 3.63) is 36.5 Å². The van der Waals surface area contributed by atoms with Gasteiger partial charge in [0.25, 0.3) is 0 Å². The van der Waals surface area contributed by atoms with Crippen LogP contribution in [0.2, 0.25) is 0 Å². The van der Waals surface area contributed by atoms with Crippen LogP contribution in [0.1, 0.15) is 12.8 Å². The van der Waals surface area contributed by atoms with Gasteiger partial charge in [0.1, 0.15) is 11.6 Å². The minimum atomic E-state index is 0.362. The fraction of sp³-hybridized carbons (Fsp3) is 0.286. The molecule has 3 heteroatoms. The van der Waals surface area contributed by atoms with Crippen LogP contribution in [0.25, 0.3) is 10.8 Å². The van der Waals surface area contributed by atoms with Gasteiger partial charge < -0.3 is 4.90 Å². The van der Waals surface area contributed by atoms with Crippen LogP contribution in [0, 0.1) is 0 Å². The van der Waals surface area contributed by atoms with E-state index in [4.69, 9.17) is 0 Å². The lowest BCUT2D eigenvalue weighted by Gasteiger charge is -2.27. The van der Waals surface area contributed by atoms with Crippen LogP contribution in [-0.2, 0) is 4.79 Å². The first-order chi connectivity index (χ1) is 8.34. The molecule has 0 amide bonds. The summed E-state index contributed by atoms with van der Waals surface area (Å²) in [5, 5.41) is 2.37. The molecule has 1 aliphatic heterocycles. The molecule has 0 saturated carbocycles. The van der Waals surface area contributed by atoms with E-state index in [1.54, 1.807) is 0 Å². The molecule has 0 unspecified atom stereocenters. The predicted molar refractivity (Wildman–Crippen MR) is 68.2 cm³/mol. The van der Waals surface area contributed by atoms with E-state index in [-0.39, 0.29) is 0 Å². The number of anilines is 1. The van der Waals surface area contributed by atoms with Crippen molar-refractivity contribution in [1.29, 1.82) is 0 Å². The zero-order valence-corrected chi connectivity index (χ0v) is 9.60. The summed E-state index contributed by atoms with van der Waals surface area (Å²) >= 11 is 0. The Morgan fingerprint density at radius 2 is 1.82 bits per heavy atom. The summed E-state index contributed by atoms with van der Waals surface area (Å²) in [6, 6.07) is 10.3. The van der Waals surface area contributed by atoms with Crippen LogP contribution < -0.4 is 4.90 Å². The fourth-order valence-electron chi connectivity index (χ4n) is 2.32. The molecule has 2 aromatic rings. The standard InChI is InChI=1S/C14H14N2O/c17-12-6-9-16(10-7-12)14-13-4-2-1-3-11(13)5-8-15-14/h1-5,8H,6-7,9-10H2. The molecular formula is C14H14N2O. The van der Waals surface area contributed by atoms with Gasteiger partial charge in [0.05, 0.1) is 0 Å². The number of nitrogens with zero attached hydrogens (tertiary/aromatic N) is 2. The van der Waals surface area contributed by atoms with Crippen LogP contribution in [0.3, 0.4) is 0 Å². The van der Waals surface area contributed by atoms with E-state index in [0.717, 1.165) is 18.9 Å². The van der Waals surface area contributed by atoms with Crippen LogP contribution in [0.15, 0.2) is 36.5 Å². The largest absolute Gasteiger partial charge is 0.355 e. The average molecular weight is 226 g/mol. The van der Waals surface area contributed by atoms with Crippen molar-refractivity contribution < 1.29 is 4.79 Å². The Labute approximate surface area is 100 Å². The van der Waals surface area contributed by atoms with Crippen LogP contribution in [0.4, 0.5) is 5.82 Å². The topological polar surface area (TPSA) is 33.2 Å². The minimum Gasteiger partial charge on any atom is -0.355 e. The molecular weight excluding hydrogens is 212 g/mol. The summed E-state index contributed by atoms with van der Waals surface area (Å²) in [4.78, 5) is 17.9. The van der Waals surface area contributed by atoms with Gasteiger partial charge in [0.2, 0.25) is 0 Å². The number of aromatic nitrogens is 1. The monoisotopic (exact) mass is 226 g/mol. The first-order valence-corrected chi connectivity index (χ1v) is 5.95. The Bertz CT molecular complexity index is 550. The third kappa shape index (κ3) is 1.88. The summed E-state index contributed by atoms with van der Waals surface area (Å²) in [5.74, 6) is 1.37. The highest BCUT2D eigenvalue weighted by atomic mass is 16.1. The summed E-state index contributed by atoms with van der Waals surface area (Å²) in [6.45, 7) is 1.58. The molecule has 1 fully saturated rings. The van der Waals surface area contributed by atoms with E-state index in [9.17, 15) is 4.79 Å². The van der Waals surface area contributed by atoms with E-state index in [2.05, 4.69) is 22.0 Å². The quantitative estimate of drug-likeness (QED) is 0.748. The molecule has 1 aromatic heterocycles. The Hall–Kier alpha value is -1.90. The minimum absolute atomic E-state index is 0.362. The average Bonchev–Trinajstić information content (AvgIpc) is 2.39. The molecule has 3 rings (SSSR count). The fourth-order valence-corrected chi connectivity index (χ4v) is 2.32. The molecule has 2 heterocycles. The highest BCUT2D eigenvalue weighted by Gasteiger charge is 2.18. The number of carbonyl (C=O) groups is 1. The maximum Gasteiger partial charge on any atom is 0.136 e. The molecule has 1 aromatic carbocycles. The Morgan fingerprint density at radius 3 is 2.65 bits per heavy atom. The Balaban J connectivity index is 2.02. The summed E-state index contributed by atoms with van der Waals surface area (Å²) < 4.78 is 0. The number of carbonyl (C=O) groups excluding carboxylic acids is 1. The van der Waals surface area contributed by atoms with Gasteiger partial charge in [-0.3, -0.25) is 4.79 Å². The van der Waals surface area contributed by atoms with Crippen LogP contribution in [0.5, 0.6) is 0 Å². The van der Waals surface area contributed by atoms with Gasteiger partial charge in [0, 0.05) is 37.5 Å². The molecule has 0 atom stereocenters. The van der Waals surface area contributed by atoms with Gasteiger partial charge in [-0.1, -0.05) is 24.3 Å². The number of Topliss-reactive ketones (excluding diaryl/α,β-unsaturated/α-hetero) is 1. The van der Waals surface area contributed by atoms with E-state index in [1.165, 1.54) is 10.8 Å². The van der Waals surface area contributed by atoms with E-state index < -0.39 is 0 Å². The van der Waals surface area contributed by atoms with Crippen molar-refractivity contribution >= 4 is 22.4 Å². The van der Waals surface area contributed by atoms with Gasteiger partial charge >= 0.3 is 0 Å². The number of fused-ring (bicyclic) bond motifs is 1. The number of hydrogen-bond acceptors (Lipinski definition) is 3. The van der Waals surface area contributed by atoms with Crippen molar-refractivity contribution in [3.8, 4) is 0 Å². The zero-order valence-electron chi connectivity index (χ0n) is 9.60. The lowest BCUT2D eigenvalue weighted by molar-refractivity contribution is -0.119. The van der Waals surface area contributed by atoms with Gasteiger partial charge in [-0.2, -0.15) is 0 Å². The lowest BCUT2D eigenvalue weighted by Crippen LogP contribution is -2.34. The number of hydrogen-bond donors (Lipinski definition) is 0. The highest BCUT2D eigenvalue weighted by molar-refractivity contribution is 5.92. The first kappa shape index (κ1) is 10.3. The highest BCUT2D eigenvalue weighted by Crippen LogP contribution is 2.25. The Kier molecular flexibility index (Phi) is 2.52. The molecule has 1 saturated heterocycles. The molecule has 0 spiro atoms. The van der Waals surface area contributed by atoms with E-state index in [0.29, 0.717) is 18.6 Å². The third-order valence-corrected chi connectivity index (χ3v) is 3.27. The molecule has 0 N–H and O–H groups in total. The number of rotatable bonds is 1. The van der Waals surface area contributed by atoms with E-state index in [1.807, 2.05) is 24.4 Å². The van der Waals surface area contributed by atoms with Crippen LogP contribution in [-0.4, -0.2) is 23.9 Å². The zero-order chi connectivity index (χ0) is 11.7. The normalized spacial score (nSPS) is 16.5. The number of pyridine rings is 1. The summed E-state index contributed by atoms with van der Waals surface area (Å²) in [5.41, 5.74) is 0. The maximum atomic E-state index is 11.3. The SMILES string of the molecule is O=C1CCN(c2nccc3ccccc23)CC1. The van der Waals surface area contributed by atoms with Crippen molar-refractivity contribution in [1.82, 2.24) is 4.98 Å². The Morgan fingerprint density at radius 1 is 1.06 bits per heavy atom. The maximum absolute atomic E-state index is 11.3. The number of ketones is 1. The molecule has 86 valence electrons. The molecule has 0 radical (unpaired) electrons. The van der Waals surface area contributed by atoms with Gasteiger partial charge in [0.15, 0.2) is 0 Å². The van der Waals surface area contributed by atoms with Crippen LogP contribution >= 0.6 is 0 Å². The van der Waals surface area contributed by atoms with Gasteiger partial charge in [-0.05, 0) is 11.5 Å². The van der Waals surface area contributed by atoms with Crippen molar-refractivity contribution in [2.24, 2.45) is 0 Å². The van der Waals surface area contributed by atoms with Crippen molar-refractivity contribution in [2.75, 3.05) is 18.0 Å². The lowest BCUT2D eigenvalue weighted by atomic mass is 10.1. The van der Waals surface area contributed by atoms with Gasteiger partial charge in [-0.25, -0.2) is 4.98 Å². The second-order valence-corrected chi connectivity index (χ2v) is 4.38. The van der Waals surface area contributed by atoms with Crippen molar-refractivity contribution in [3.63, 3.8) is 0 Å². The van der Waals surface area contributed by atoms with Crippen molar-refractivity contribution in [2.45, 2.75) is 12.8 Å². The third-order valence-electron chi connectivity index (χ3n) is 3.27. The molecule has 0 bridgehead atoms. The predicted octanol–water partition coefficient (Wildman–Crippen LogP) is 2.40. The number of benzene rings is 1. The molecule has 3 nitrogen and oxygen atoms in total. The number of piperidine rings is 1. The van der Waals surface area contributed by atoms with E-state index >= 15 is 0 Å². The smallest absolute Gasteiger partial charge is 0.136 e. The van der Waals surface area contributed by atoms with Gasteiger partial charge in [-0.15, -0.1) is 0 Å². The molecule has 0 aliphatic carbocycles. The first-order valence-electron chi connectivity index (χ1n) is 5.95. The second-order valence-electron chi connectivity index (χ2n) is 4.38. The summed E-state index contributed by atoms with van der Waals surface area (Å²) in [7, 11) is 0.